The number of nitrogens with zero attached hydrogens (tertiary/aromatic N) is 1. The van der Waals surface area contributed by atoms with Gasteiger partial charge in [0.05, 0.1) is 0 Å². The molecule has 0 saturated carbocycles. The van der Waals surface area contributed by atoms with Crippen molar-refractivity contribution < 1.29 is 4.39 Å². The van der Waals surface area contributed by atoms with Crippen molar-refractivity contribution >= 4 is 15.9 Å². The van der Waals surface area contributed by atoms with Crippen LogP contribution < -0.4 is 5.32 Å². The van der Waals surface area contributed by atoms with Crippen molar-refractivity contribution in [1.82, 2.24) is 10.3 Å². The Hall–Kier alpha value is -1.26. The van der Waals surface area contributed by atoms with Crippen LogP contribution in [-0.2, 0) is 6.54 Å². The fourth-order valence-corrected chi connectivity index (χ4v) is 2.11. The summed E-state index contributed by atoms with van der Waals surface area (Å²) in [6.45, 7) is 2.61. The lowest BCUT2D eigenvalue weighted by molar-refractivity contribution is 0.527. The molecule has 0 spiro atoms. The van der Waals surface area contributed by atoms with Gasteiger partial charge in [-0.3, -0.25) is 4.98 Å². The lowest BCUT2D eigenvalue weighted by Gasteiger charge is -2.15. The van der Waals surface area contributed by atoms with Gasteiger partial charge in [0.15, 0.2) is 0 Å². The highest BCUT2D eigenvalue weighted by Gasteiger charge is 2.10. The summed E-state index contributed by atoms with van der Waals surface area (Å²) in [4.78, 5) is 4.05. The number of benzene rings is 1. The highest BCUT2D eigenvalue weighted by atomic mass is 79.9. The molecule has 2 aromatic rings. The predicted molar refractivity (Wildman–Crippen MR) is 73.6 cm³/mol. The first kappa shape index (κ1) is 13.2. The molecule has 0 saturated heterocycles. The Labute approximate surface area is 114 Å². The van der Waals surface area contributed by atoms with Gasteiger partial charge in [-0.1, -0.05) is 22.0 Å². The molecular weight excluding hydrogens is 295 g/mol. The van der Waals surface area contributed by atoms with E-state index in [2.05, 4.69) is 26.2 Å². The van der Waals surface area contributed by atoms with Gasteiger partial charge in [-0.2, -0.15) is 0 Å². The molecule has 18 heavy (non-hydrogen) atoms. The van der Waals surface area contributed by atoms with E-state index in [4.69, 9.17) is 0 Å². The van der Waals surface area contributed by atoms with Crippen molar-refractivity contribution in [2.24, 2.45) is 0 Å². The molecule has 1 N–H and O–H groups in total. The van der Waals surface area contributed by atoms with Gasteiger partial charge in [-0.15, -0.1) is 0 Å². The summed E-state index contributed by atoms with van der Waals surface area (Å²) in [5.41, 5.74) is 1.74. The van der Waals surface area contributed by atoms with Crippen molar-refractivity contribution in [3.63, 3.8) is 0 Å². The second kappa shape index (κ2) is 6.07. The Kier molecular flexibility index (Phi) is 4.44. The van der Waals surface area contributed by atoms with Gasteiger partial charge in [0, 0.05) is 35.0 Å². The topological polar surface area (TPSA) is 24.9 Å². The van der Waals surface area contributed by atoms with Crippen molar-refractivity contribution in [2.75, 3.05) is 0 Å². The summed E-state index contributed by atoms with van der Waals surface area (Å²) in [6.07, 6.45) is 3.54. The molecule has 0 aliphatic carbocycles. The Balaban J connectivity index is 2.03. The molecule has 1 atom stereocenters. The summed E-state index contributed by atoms with van der Waals surface area (Å²) in [7, 11) is 0. The normalized spacial score (nSPS) is 12.4. The van der Waals surface area contributed by atoms with E-state index in [1.54, 1.807) is 24.5 Å². The Morgan fingerprint density at radius 3 is 2.94 bits per heavy atom. The lowest BCUT2D eigenvalue weighted by Crippen LogP contribution is -2.19. The SMILES string of the molecule is CC(NCc1cccnc1)c1cc(Br)ccc1F. The third-order valence-electron chi connectivity index (χ3n) is 2.76. The average Bonchev–Trinajstić information content (AvgIpc) is 2.40. The van der Waals surface area contributed by atoms with Crippen LogP contribution in [0.3, 0.4) is 0 Å². The third kappa shape index (κ3) is 3.37. The van der Waals surface area contributed by atoms with E-state index in [-0.39, 0.29) is 11.9 Å². The minimum absolute atomic E-state index is 0.0530. The molecule has 0 bridgehead atoms. The van der Waals surface area contributed by atoms with Crippen LogP contribution in [0.15, 0.2) is 47.2 Å². The number of hydrogen-bond donors (Lipinski definition) is 1. The number of pyridine rings is 1. The van der Waals surface area contributed by atoms with Crippen molar-refractivity contribution in [3.8, 4) is 0 Å². The minimum Gasteiger partial charge on any atom is -0.306 e. The molecule has 2 nitrogen and oxygen atoms in total. The molecule has 4 heteroatoms. The molecule has 0 fully saturated rings. The largest absolute Gasteiger partial charge is 0.306 e. The fraction of sp³-hybridized carbons (Fsp3) is 0.214. The fourth-order valence-electron chi connectivity index (χ4n) is 1.73. The highest BCUT2D eigenvalue weighted by Crippen LogP contribution is 2.21. The zero-order valence-electron chi connectivity index (χ0n) is 10.0. The van der Waals surface area contributed by atoms with E-state index in [9.17, 15) is 4.39 Å². The number of hydrogen-bond acceptors (Lipinski definition) is 2. The second-order valence-corrected chi connectivity index (χ2v) is 5.05. The molecule has 0 amide bonds. The van der Waals surface area contributed by atoms with E-state index in [0.717, 1.165) is 10.0 Å². The summed E-state index contributed by atoms with van der Waals surface area (Å²) >= 11 is 3.36. The zero-order chi connectivity index (χ0) is 13.0. The molecule has 1 aromatic heterocycles. The molecule has 1 unspecified atom stereocenters. The second-order valence-electron chi connectivity index (χ2n) is 4.13. The molecule has 0 radical (unpaired) electrons. The predicted octanol–water partition coefficient (Wildman–Crippen LogP) is 3.83. The molecule has 0 aliphatic rings. The highest BCUT2D eigenvalue weighted by molar-refractivity contribution is 9.10. The molecule has 1 heterocycles. The van der Waals surface area contributed by atoms with Gasteiger partial charge in [0.25, 0.3) is 0 Å². The van der Waals surface area contributed by atoms with E-state index in [1.807, 2.05) is 19.1 Å². The average molecular weight is 309 g/mol. The Morgan fingerprint density at radius 2 is 2.22 bits per heavy atom. The summed E-state index contributed by atoms with van der Waals surface area (Å²) in [5.74, 6) is -0.190. The third-order valence-corrected chi connectivity index (χ3v) is 3.25. The molecule has 94 valence electrons. The molecule has 0 aliphatic heterocycles. The molecule has 1 aromatic carbocycles. The van der Waals surface area contributed by atoms with Crippen molar-refractivity contribution in [1.29, 1.82) is 0 Å². The number of nitrogens with one attached hydrogen (secondary N) is 1. The molecular formula is C14H14BrFN2. The van der Waals surface area contributed by atoms with Crippen LogP contribution in [0.2, 0.25) is 0 Å². The number of rotatable bonds is 4. The maximum absolute atomic E-state index is 13.7. The Morgan fingerprint density at radius 1 is 1.39 bits per heavy atom. The molecule has 2 rings (SSSR count). The van der Waals surface area contributed by atoms with Gasteiger partial charge in [-0.05, 0) is 36.8 Å². The standard InChI is InChI=1S/C14H14BrFN2/c1-10(13-7-12(15)4-5-14(13)16)18-9-11-3-2-6-17-8-11/h2-8,10,18H,9H2,1H3. The smallest absolute Gasteiger partial charge is 0.128 e. The maximum atomic E-state index is 13.7. The van der Waals surface area contributed by atoms with Crippen LogP contribution in [-0.4, -0.2) is 4.98 Å². The van der Waals surface area contributed by atoms with E-state index < -0.39 is 0 Å². The number of aromatic nitrogens is 1. The van der Waals surface area contributed by atoms with Crippen LogP contribution in [0.25, 0.3) is 0 Å². The first-order valence-corrected chi connectivity index (χ1v) is 6.53. The van der Waals surface area contributed by atoms with Crippen LogP contribution in [0.4, 0.5) is 4.39 Å². The first-order valence-electron chi connectivity index (χ1n) is 5.74. The van der Waals surface area contributed by atoms with Crippen molar-refractivity contribution in [2.45, 2.75) is 19.5 Å². The first-order chi connectivity index (χ1) is 8.66. The Bertz CT molecular complexity index is 516. The van der Waals surface area contributed by atoms with Crippen molar-refractivity contribution in [3.05, 3.63) is 64.1 Å². The quantitative estimate of drug-likeness (QED) is 0.928. The summed E-state index contributed by atoms with van der Waals surface area (Å²) in [6, 6.07) is 8.80. The number of halogens is 2. The maximum Gasteiger partial charge on any atom is 0.128 e. The minimum atomic E-state index is -0.190. The summed E-state index contributed by atoms with van der Waals surface area (Å²) < 4.78 is 14.6. The van der Waals surface area contributed by atoms with E-state index in [1.165, 1.54) is 6.07 Å². The lowest BCUT2D eigenvalue weighted by atomic mass is 10.1. The monoisotopic (exact) mass is 308 g/mol. The van der Waals surface area contributed by atoms with Crippen LogP contribution in [0.1, 0.15) is 24.1 Å². The van der Waals surface area contributed by atoms with Gasteiger partial charge >= 0.3 is 0 Å². The van der Waals surface area contributed by atoms with E-state index >= 15 is 0 Å². The van der Waals surface area contributed by atoms with Gasteiger partial charge in [0.1, 0.15) is 5.82 Å². The van der Waals surface area contributed by atoms with Crippen LogP contribution >= 0.6 is 15.9 Å². The van der Waals surface area contributed by atoms with Gasteiger partial charge < -0.3 is 5.32 Å². The van der Waals surface area contributed by atoms with Crippen LogP contribution in [0, 0.1) is 5.82 Å². The van der Waals surface area contributed by atoms with Gasteiger partial charge in [0.2, 0.25) is 0 Å². The van der Waals surface area contributed by atoms with E-state index in [0.29, 0.717) is 12.1 Å². The summed E-state index contributed by atoms with van der Waals surface area (Å²) in [5, 5.41) is 3.28. The van der Waals surface area contributed by atoms with Crippen LogP contribution in [0.5, 0.6) is 0 Å². The van der Waals surface area contributed by atoms with Gasteiger partial charge in [-0.25, -0.2) is 4.39 Å². The zero-order valence-corrected chi connectivity index (χ0v) is 11.6.